The first-order valence-corrected chi connectivity index (χ1v) is 15.3. The van der Waals surface area contributed by atoms with Crippen molar-refractivity contribution < 1.29 is 14.3 Å². The highest BCUT2D eigenvalue weighted by Crippen LogP contribution is 2.38. The highest BCUT2D eigenvalue weighted by atomic mass is 32.1. The number of rotatable bonds is 13. The molecule has 2 heterocycles. The second kappa shape index (κ2) is 14.4. The van der Waals surface area contributed by atoms with E-state index in [4.69, 9.17) is 4.74 Å². The van der Waals surface area contributed by atoms with Crippen LogP contribution in [0.1, 0.15) is 83.1 Å². The first-order chi connectivity index (χ1) is 19.0. The summed E-state index contributed by atoms with van der Waals surface area (Å²) < 4.78 is 5.54. The van der Waals surface area contributed by atoms with Gasteiger partial charge in [-0.1, -0.05) is 61.7 Å². The largest absolute Gasteiger partial charge is 0.382 e. The molecule has 5 nitrogen and oxygen atoms in total. The Kier molecular flexibility index (Phi) is 10.7. The van der Waals surface area contributed by atoms with Crippen LogP contribution < -0.4 is 0 Å². The smallest absolute Gasteiger partial charge is 0.254 e. The van der Waals surface area contributed by atoms with Gasteiger partial charge in [-0.2, -0.15) is 0 Å². The summed E-state index contributed by atoms with van der Waals surface area (Å²) in [6, 6.07) is 18.4. The topological polar surface area (TPSA) is 49.9 Å². The highest BCUT2D eigenvalue weighted by Gasteiger charge is 2.34. The van der Waals surface area contributed by atoms with E-state index < -0.39 is 0 Å². The Bertz CT molecular complexity index is 1200. The van der Waals surface area contributed by atoms with Gasteiger partial charge in [0.1, 0.15) is 6.54 Å². The minimum atomic E-state index is -0.129. The fourth-order valence-corrected chi connectivity index (χ4v) is 6.18. The van der Waals surface area contributed by atoms with E-state index in [-0.39, 0.29) is 24.4 Å². The van der Waals surface area contributed by atoms with Crippen LogP contribution in [0.3, 0.4) is 0 Å². The van der Waals surface area contributed by atoms with E-state index in [9.17, 15) is 9.59 Å². The molecule has 0 saturated carbocycles. The van der Waals surface area contributed by atoms with Crippen molar-refractivity contribution in [3.63, 3.8) is 0 Å². The number of carbonyl (C=O) groups excluding carboxylic acids is 2. The molecule has 6 heteroatoms. The summed E-state index contributed by atoms with van der Waals surface area (Å²) in [5, 5.41) is 2.12. The van der Waals surface area contributed by atoms with E-state index in [1.165, 1.54) is 34.4 Å². The van der Waals surface area contributed by atoms with E-state index in [2.05, 4.69) is 61.7 Å². The Hall–Kier alpha value is -2.96. The van der Waals surface area contributed by atoms with Crippen molar-refractivity contribution in [3.05, 3.63) is 92.7 Å². The zero-order valence-corrected chi connectivity index (χ0v) is 24.5. The molecule has 0 N–H and O–H groups in total. The van der Waals surface area contributed by atoms with Gasteiger partial charge >= 0.3 is 0 Å². The molecule has 2 aromatic carbocycles. The molecule has 39 heavy (non-hydrogen) atoms. The second-order valence-electron chi connectivity index (χ2n) is 10.4. The highest BCUT2D eigenvalue weighted by molar-refractivity contribution is 7.10. The molecule has 0 aliphatic carbocycles. The van der Waals surface area contributed by atoms with Gasteiger partial charge in [0.25, 0.3) is 5.91 Å². The van der Waals surface area contributed by atoms with Crippen LogP contribution >= 0.6 is 11.3 Å². The van der Waals surface area contributed by atoms with Gasteiger partial charge in [0.15, 0.2) is 0 Å². The molecule has 1 aromatic heterocycles. The van der Waals surface area contributed by atoms with Crippen molar-refractivity contribution in [2.45, 2.75) is 65.3 Å². The fraction of sp³-hybridized carbons (Fsp3) is 0.455. The number of aryl methyl sites for hydroxylation is 2. The molecule has 3 aromatic rings. The number of unbranched alkanes of at least 4 members (excludes halogenated alkanes) is 2. The minimum absolute atomic E-state index is 0.0154. The van der Waals surface area contributed by atoms with Crippen LogP contribution in [0.15, 0.2) is 60.0 Å². The molecule has 1 unspecified atom stereocenters. The molecule has 0 saturated heterocycles. The molecule has 1 aliphatic heterocycles. The number of benzene rings is 2. The molecule has 208 valence electrons. The Morgan fingerprint density at radius 2 is 1.77 bits per heavy atom. The van der Waals surface area contributed by atoms with Crippen LogP contribution in [0, 0.1) is 6.92 Å². The minimum Gasteiger partial charge on any atom is -0.382 e. The summed E-state index contributed by atoms with van der Waals surface area (Å²) in [7, 11) is 0. The van der Waals surface area contributed by atoms with Crippen LogP contribution in [0.2, 0.25) is 0 Å². The first kappa shape index (κ1) is 29.0. The normalized spacial score (nSPS) is 14.7. The van der Waals surface area contributed by atoms with Crippen LogP contribution in [-0.2, 0) is 22.4 Å². The van der Waals surface area contributed by atoms with Gasteiger partial charge in [0, 0.05) is 36.7 Å². The number of hydrogen-bond acceptors (Lipinski definition) is 4. The first-order valence-electron chi connectivity index (χ1n) is 14.4. The van der Waals surface area contributed by atoms with Gasteiger partial charge in [0.05, 0.1) is 6.04 Å². The quantitative estimate of drug-likeness (QED) is 0.221. The average molecular weight is 547 g/mol. The lowest BCUT2D eigenvalue weighted by molar-refractivity contribution is -0.134. The van der Waals surface area contributed by atoms with Crippen LogP contribution in [0.4, 0.5) is 0 Å². The maximum atomic E-state index is 13.9. The van der Waals surface area contributed by atoms with Crippen molar-refractivity contribution in [3.8, 4) is 0 Å². The van der Waals surface area contributed by atoms with Gasteiger partial charge < -0.3 is 14.5 Å². The van der Waals surface area contributed by atoms with E-state index >= 15 is 0 Å². The molecule has 1 atom stereocenters. The zero-order chi connectivity index (χ0) is 27.6. The standard InChI is InChI=1S/C33H42N2O3S/c1-4-6-7-9-26-12-16-28(17-13-26)33(37)34(20-8-22-38-5-2)24-31(36)35-21-18-30-29(19-23-39-30)32(35)27-14-10-25(3)11-15-27/h10-17,19,23,32H,4-9,18,20-22,24H2,1-3H3. The van der Waals surface area contributed by atoms with Crippen molar-refractivity contribution in [2.75, 3.05) is 32.8 Å². The zero-order valence-electron chi connectivity index (χ0n) is 23.7. The summed E-state index contributed by atoms with van der Waals surface area (Å²) >= 11 is 1.76. The van der Waals surface area contributed by atoms with Gasteiger partial charge in [-0.3, -0.25) is 9.59 Å². The van der Waals surface area contributed by atoms with Gasteiger partial charge in [-0.15, -0.1) is 11.3 Å². The number of fused-ring (bicyclic) bond motifs is 1. The number of ether oxygens (including phenoxy) is 1. The van der Waals surface area contributed by atoms with Crippen molar-refractivity contribution in [2.24, 2.45) is 0 Å². The van der Waals surface area contributed by atoms with Gasteiger partial charge in [-0.25, -0.2) is 0 Å². The van der Waals surface area contributed by atoms with Crippen molar-refractivity contribution in [1.82, 2.24) is 9.80 Å². The maximum absolute atomic E-state index is 13.9. The Labute approximate surface area is 237 Å². The fourth-order valence-electron chi connectivity index (χ4n) is 5.28. The number of thiophene rings is 1. The third kappa shape index (κ3) is 7.58. The third-order valence-electron chi connectivity index (χ3n) is 7.48. The molecule has 1 aliphatic rings. The third-order valence-corrected chi connectivity index (χ3v) is 8.48. The monoisotopic (exact) mass is 546 g/mol. The van der Waals surface area contributed by atoms with E-state index in [0.717, 1.165) is 24.8 Å². The van der Waals surface area contributed by atoms with Crippen LogP contribution in [0.5, 0.6) is 0 Å². The summed E-state index contributed by atoms with van der Waals surface area (Å²) in [6.07, 6.45) is 6.13. The van der Waals surface area contributed by atoms with Crippen LogP contribution in [0.25, 0.3) is 0 Å². The number of nitrogens with zero attached hydrogens (tertiary/aromatic N) is 2. The van der Waals surface area contributed by atoms with E-state index in [0.29, 0.717) is 38.3 Å². The van der Waals surface area contributed by atoms with Crippen LogP contribution in [-0.4, -0.2) is 54.5 Å². The Morgan fingerprint density at radius 3 is 2.49 bits per heavy atom. The lowest BCUT2D eigenvalue weighted by Crippen LogP contribution is -2.47. The lowest BCUT2D eigenvalue weighted by Gasteiger charge is -2.37. The predicted molar refractivity (Wildman–Crippen MR) is 159 cm³/mol. The van der Waals surface area contributed by atoms with Crippen molar-refractivity contribution >= 4 is 23.2 Å². The molecular formula is C33H42N2O3S. The SMILES string of the molecule is CCCCCc1ccc(C(=O)N(CCCOCC)CC(=O)N2CCc3sccc3C2c2ccc(C)cc2)cc1. The molecule has 0 fully saturated rings. The molecule has 0 radical (unpaired) electrons. The summed E-state index contributed by atoms with van der Waals surface area (Å²) in [5.74, 6) is -0.113. The summed E-state index contributed by atoms with van der Waals surface area (Å²) in [5.41, 5.74) is 5.39. The van der Waals surface area contributed by atoms with Gasteiger partial charge in [-0.05, 0) is 79.8 Å². The molecule has 4 rings (SSSR count). The Balaban J connectivity index is 1.53. The molecule has 0 spiro atoms. The number of carbonyl (C=O) groups is 2. The summed E-state index contributed by atoms with van der Waals surface area (Å²) in [4.78, 5) is 32.6. The molecule has 0 bridgehead atoms. The van der Waals surface area contributed by atoms with Gasteiger partial charge in [0.2, 0.25) is 5.91 Å². The Morgan fingerprint density at radius 1 is 1.00 bits per heavy atom. The van der Waals surface area contributed by atoms with E-state index in [1.54, 1.807) is 16.2 Å². The average Bonchev–Trinajstić information content (AvgIpc) is 3.44. The predicted octanol–water partition coefficient (Wildman–Crippen LogP) is 6.83. The maximum Gasteiger partial charge on any atom is 0.254 e. The number of amides is 2. The summed E-state index contributed by atoms with van der Waals surface area (Å²) in [6.45, 7) is 8.65. The number of hydrogen-bond donors (Lipinski definition) is 0. The van der Waals surface area contributed by atoms with E-state index in [1.807, 2.05) is 24.0 Å². The molecule has 2 amide bonds. The lowest BCUT2D eigenvalue weighted by atomic mass is 9.92. The van der Waals surface area contributed by atoms with Crippen molar-refractivity contribution in [1.29, 1.82) is 0 Å². The molecular weight excluding hydrogens is 504 g/mol. The second-order valence-corrected chi connectivity index (χ2v) is 11.4.